The SMILES string of the molecule is CCCCOc1ccc(/C=N/O)cc1OC. The molecule has 0 radical (unpaired) electrons. The van der Waals surface area contributed by atoms with E-state index in [-0.39, 0.29) is 0 Å². The van der Waals surface area contributed by atoms with E-state index in [2.05, 4.69) is 12.1 Å². The summed E-state index contributed by atoms with van der Waals surface area (Å²) in [6, 6.07) is 5.38. The van der Waals surface area contributed by atoms with Gasteiger partial charge < -0.3 is 14.7 Å². The Balaban J connectivity index is 2.76. The van der Waals surface area contributed by atoms with Gasteiger partial charge in [-0.3, -0.25) is 0 Å². The van der Waals surface area contributed by atoms with E-state index < -0.39 is 0 Å². The highest BCUT2D eigenvalue weighted by Crippen LogP contribution is 2.27. The van der Waals surface area contributed by atoms with Gasteiger partial charge in [0, 0.05) is 5.56 Å². The molecule has 0 heterocycles. The molecule has 0 unspecified atom stereocenters. The number of benzene rings is 1. The van der Waals surface area contributed by atoms with E-state index in [1.54, 1.807) is 13.2 Å². The minimum atomic E-state index is 0.647. The van der Waals surface area contributed by atoms with E-state index in [1.165, 1.54) is 6.21 Å². The number of hydrogen-bond donors (Lipinski definition) is 1. The highest BCUT2D eigenvalue weighted by atomic mass is 16.5. The van der Waals surface area contributed by atoms with Crippen LogP contribution in [0.1, 0.15) is 25.3 Å². The largest absolute Gasteiger partial charge is 0.493 e. The Morgan fingerprint density at radius 3 is 2.81 bits per heavy atom. The number of oxime groups is 1. The van der Waals surface area contributed by atoms with E-state index in [4.69, 9.17) is 14.7 Å². The zero-order chi connectivity index (χ0) is 11.8. The summed E-state index contributed by atoms with van der Waals surface area (Å²) in [5.74, 6) is 1.36. The van der Waals surface area contributed by atoms with Crippen molar-refractivity contribution < 1.29 is 14.7 Å². The summed E-state index contributed by atoms with van der Waals surface area (Å²) in [5.41, 5.74) is 0.766. The molecule has 0 fully saturated rings. The first-order valence-electron chi connectivity index (χ1n) is 5.30. The lowest BCUT2D eigenvalue weighted by Crippen LogP contribution is -1.99. The van der Waals surface area contributed by atoms with Crippen LogP contribution in [0.25, 0.3) is 0 Å². The van der Waals surface area contributed by atoms with Crippen molar-refractivity contribution in [2.45, 2.75) is 19.8 Å². The molecule has 1 N–H and O–H groups in total. The molecule has 0 amide bonds. The molecule has 0 aliphatic carbocycles. The molecule has 0 aliphatic rings. The van der Waals surface area contributed by atoms with Crippen molar-refractivity contribution in [3.05, 3.63) is 23.8 Å². The van der Waals surface area contributed by atoms with Gasteiger partial charge in [-0.1, -0.05) is 18.5 Å². The number of ether oxygens (including phenoxy) is 2. The predicted octanol–water partition coefficient (Wildman–Crippen LogP) is 2.68. The first-order chi connectivity index (χ1) is 7.81. The lowest BCUT2D eigenvalue weighted by Gasteiger charge is -2.10. The smallest absolute Gasteiger partial charge is 0.161 e. The maximum Gasteiger partial charge on any atom is 0.161 e. The van der Waals surface area contributed by atoms with Crippen LogP contribution >= 0.6 is 0 Å². The number of unbranched alkanes of at least 4 members (excludes halogenated alkanes) is 1. The predicted molar refractivity (Wildman–Crippen MR) is 62.8 cm³/mol. The summed E-state index contributed by atoms with van der Waals surface area (Å²) >= 11 is 0. The molecule has 1 aromatic carbocycles. The second kappa shape index (κ2) is 6.71. The summed E-state index contributed by atoms with van der Waals surface area (Å²) in [4.78, 5) is 0. The van der Waals surface area contributed by atoms with Crippen molar-refractivity contribution in [1.29, 1.82) is 0 Å². The van der Waals surface area contributed by atoms with Crippen molar-refractivity contribution in [2.75, 3.05) is 13.7 Å². The average molecular weight is 223 g/mol. The Hall–Kier alpha value is -1.71. The Labute approximate surface area is 95.5 Å². The molecule has 0 aliphatic heterocycles. The zero-order valence-electron chi connectivity index (χ0n) is 9.64. The number of hydrogen-bond acceptors (Lipinski definition) is 4. The Morgan fingerprint density at radius 2 is 2.19 bits per heavy atom. The molecule has 0 bridgehead atoms. The quantitative estimate of drug-likeness (QED) is 0.349. The van der Waals surface area contributed by atoms with Gasteiger partial charge in [-0.2, -0.15) is 0 Å². The van der Waals surface area contributed by atoms with Crippen LogP contribution in [-0.4, -0.2) is 25.1 Å². The van der Waals surface area contributed by atoms with Crippen LogP contribution in [0.3, 0.4) is 0 Å². The van der Waals surface area contributed by atoms with E-state index in [9.17, 15) is 0 Å². The third-order valence-corrected chi connectivity index (χ3v) is 2.15. The molecule has 88 valence electrons. The molecule has 0 spiro atoms. The molecule has 4 nitrogen and oxygen atoms in total. The van der Waals surface area contributed by atoms with Crippen molar-refractivity contribution >= 4 is 6.21 Å². The Kier molecular flexibility index (Phi) is 5.19. The second-order valence-electron chi connectivity index (χ2n) is 3.36. The zero-order valence-corrected chi connectivity index (χ0v) is 9.64. The van der Waals surface area contributed by atoms with Crippen molar-refractivity contribution in [3.8, 4) is 11.5 Å². The molecular weight excluding hydrogens is 206 g/mol. The van der Waals surface area contributed by atoms with Crippen LogP contribution in [0.15, 0.2) is 23.4 Å². The van der Waals surface area contributed by atoms with Crippen molar-refractivity contribution in [1.82, 2.24) is 0 Å². The average Bonchev–Trinajstić information content (AvgIpc) is 2.31. The lowest BCUT2D eigenvalue weighted by atomic mass is 10.2. The standard InChI is InChI=1S/C12H17NO3/c1-3-4-7-16-11-6-5-10(9-13-14)8-12(11)15-2/h5-6,8-9,14H,3-4,7H2,1-2H3/b13-9+. The lowest BCUT2D eigenvalue weighted by molar-refractivity contribution is 0.288. The molecule has 0 aromatic heterocycles. The molecular formula is C12H17NO3. The second-order valence-corrected chi connectivity index (χ2v) is 3.36. The fraction of sp³-hybridized carbons (Fsp3) is 0.417. The van der Waals surface area contributed by atoms with Gasteiger partial charge in [0.25, 0.3) is 0 Å². The minimum Gasteiger partial charge on any atom is -0.493 e. The summed E-state index contributed by atoms with van der Waals surface area (Å²) in [7, 11) is 1.59. The molecule has 1 aromatic rings. The first kappa shape index (κ1) is 12.4. The third kappa shape index (κ3) is 3.46. The normalized spacial score (nSPS) is 10.6. The van der Waals surface area contributed by atoms with Crippen LogP contribution in [0, 0.1) is 0 Å². The highest BCUT2D eigenvalue weighted by Gasteiger charge is 2.04. The molecule has 0 saturated heterocycles. The van der Waals surface area contributed by atoms with Crippen LogP contribution in [0.5, 0.6) is 11.5 Å². The number of methoxy groups -OCH3 is 1. The fourth-order valence-corrected chi connectivity index (χ4v) is 1.28. The van der Waals surface area contributed by atoms with E-state index in [0.717, 1.165) is 18.4 Å². The molecule has 0 saturated carbocycles. The summed E-state index contributed by atoms with van der Waals surface area (Å²) in [6.45, 7) is 2.79. The molecule has 0 atom stereocenters. The van der Waals surface area contributed by atoms with Gasteiger partial charge in [0.05, 0.1) is 19.9 Å². The van der Waals surface area contributed by atoms with Gasteiger partial charge in [0.2, 0.25) is 0 Å². The van der Waals surface area contributed by atoms with E-state index >= 15 is 0 Å². The van der Waals surface area contributed by atoms with E-state index in [1.807, 2.05) is 12.1 Å². The number of rotatable bonds is 6. The fourth-order valence-electron chi connectivity index (χ4n) is 1.28. The summed E-state index contributed by atoms with van der Waals surface area (Å²) in [6.07, 6.45) is 3.46. The third-order valence-electron chi connectivity index (χ3n) is 2.15. The van der Waals surface area contributed by atoms with Crippen LogP contribution in [0.4, 0.5) is 0 Å². The van der Waals surface area contributed by atoms with Gasteiger partial charge in [0.15, 0.2) is 11.5 Å². The Morgan fingerprint density at radius 1 is 1.38 bits per heavy atom. The topological polar surface area (TPSA) is 51.0 Å². The highest BCUT2D eigenvalue weighted by molar-refractivity contribution is 5.80. The Bertz CT molecular complexity index is 350. The van der Waals surface area contributed by atoms with Crippen LogP contribution < -0.4 is 9.47 Å². The van der Waals surface area contributed by atoms with Gasteiger partial charge in [-0.25, -0.2) is 0 Å². The maximum atomic E-state index is 8.42. The van der Waals surface area contributed by atoms with Crippen LogP contribution in [-0.2, 0) is 0 Å². The van der Waals surface area contributed by atoms with Crippen molar-refractivity contribution in [2.24, 2.45) is 5.16 Å². The van der Waals surface area contributed by atoms with E-state index in [0.29, 0.717) is 18.1 Å². The first-order valence-corrected chi connectivity index (χ1v) is 5.30. The van der Waals surface area contributed by atoms with Gasteiger partial charge in [0.1, 0.15) is 0 Å². The molecule has 16 heavy (non-hydrogen) atoms. The van der Waals surface area contributed by atoms with Crippen LogP contribution in [0.2, 0.25) is 0 Å². The minimum absolute atomic E-state index is 0.647. The van der Waals surface area contributed by atoms with Gasteiger partial charge in [-0.15, -0.1) is 0 Å². The molecule has 1 rings (SSSR count). The number of nitrogens with zero attached hydrogens (tertiary/aromatic N) is 1. The van der Waals surface area contributed by atoms with Gasteiger partial charge >= 0.3 is 0 Å². The summed E-state index contributed by atoms with van der Waals surface area (Å²) in [5, 5.41) is 11.4. The monoisotopic (exact) mass is 223 g/mol. The summed E-state index contributed by atoms with van der Waals surface area (Å²) < 4.78 is 10.8. The maximum absolute atomic E-state index is 8.42. The van der Waals surface area contributed by atoms with Gasteiger partial charge in [-0.05, 0) is 24.6 Å². The van der Waals surface area contributed by atoms with Crippen molar-refractivity contribution in [3.63, 3.8) is 0 Å². The molecule has 4 heteroatoms.